The van der Waals surface area contributed by atoms with Gasteiger partial charge in [-0.3, -0.25) is 0 Å². The standard InChI is InChI=1S/C26H31N5/c1-5-9-23-29-17-20-16-22(18(6-2)7-3)24(30-25(20)31(23)28-4)19-10-12-21(13-11-19)26(27)14-8-15-26/h6-7,9-13,16-17,28H,2,5,8,14-15,27H2,1,3-4H3/b18-7+,23-9-. The Morgan fingerprint density at radius 2 is 2.03 bits per heavy atom. The molecule has 0 saturated heterocycles. The number of benzene rings is 1. The lowest BCUT2D eigenvalue weighted by molar-refractivity contribution is 0.253. The van der Waals surface area contributed by atoms with Crippen LogP contribution in [0.2, 0.25) is 0 Å². The van der Waals surface area contributed by atoms with Gasteiger partial charge in [0.2, 0.25) is 0 Å². The molecular formula is C26H31N5. The van der Waals surface area contributed by atoms with Gasteiger partial charge in [0.15, 0.2) is 5.82 Å². The molecule has 5 heteroatoms. The topological polar surface area (TPSA) is 66.5 Å². The van der Waals surface area contributed by atoms with Crippen LogP contribution in [0.3, 0.4) is 0 Å². The fourth-order valence-electron chi connectivity index (χ4n) is 4.27. The van der Waals surface area contributed by atoms with Crippen molar-refractivity contribution in [1.29, 1.82) is 0 Å². The first-order valence-corrected chi connectivity index (χ1v) is 11.0. The van der Waals surface area contributed by atoms with E-state index in [4.69, 9.17) is 10.7 Å². The van der Waals surface area contributed by atoms with Gasteiger partial charge in [-0.2, -0.15) is 0 Å². The van der Waals surface area contributed by atoms with Crippen molar-refractivity contribution < 1.29 is 0 Å². The molecule has 1 aromatic carbocycles. The number of hydrogen-bond donors (Lipinski definition) is 2. The minimum absolute atomic E-state index is 0.167. The normalized spacial score (nSPS) is 18.6. The van der Waals surface area contributed by atoms with E-state index in [-0.39, 0.29) is 5.54 Å². The maximum Gasteiger partial charge on any atom is 0.158 e. The third-order valence-corrected chi connectivity index (χ3v) is 6.24. The number of hydrogen-bond acceptors (Lipinski definition) is 5. The van der Waals surface area contributed by atoms with Crippen LogP contribution in [-0.4, -0.2) is 18.2 Å². The van der Waals surface area contributed by atoms with Crippen molar-refractivity contribution in [3.8, 4) is 11.3 Å². The van der Waals surface area contributed by atoms with Crippen molar-refractivity contribution in [2.75, 3.05) is 12.1 Å². The highest BCUT2D eigenvalue weighted by Gasteiger charge is 2.34. The summed E-state index contributed by atoms with van der Waals surface area (Å²) in [6, 6.07) is 10.7. The molecule has 2 heterocycles. The number of allylic oxidation sites excluding steroid dienone is 4. The number of rotatable bonds is 6. The van der Waals surface area contributed by atoms with E-state index < -0.39 is 0 Å². The zero-order chi connectivity index (χ0) is 22.0. The van der Waals surface area contributed by atoms with Gasteiger partial charge < -0.3 is 5.73 Å². The molecular weight excluding hydrogens is 382 g/mol. The molecule has 0 radical (unpaired) electrons. The number of aliphatic imine (C=N–C) groups is 1. The summed E-state index contributed by atoms with van der Waals surface area (Å²) in [7, 11) is 1.89. The highest BCUT2D eigenvalue weighted by molar-refractivity contribution is 5.95. The number of nitrogens with two attached hydrogens (primary N) is 1. The van der Waals surface area contributed by atoms with Gasteiger partial charge in [-0.15, -0.1) is 0 Å². The van der Waals surface area contributed by atoms with Gasteiger partial charge in [-0.1, -0.05) is 49.9 Å². The van der Waals surface area contributed by atoms with E-state index in [1.54, 1.807) is 0 Å². The molecule has 160 valence electrons. The SMILES string of the molecule is C=C/C(=C\C)c1cc2c(nc1-c1ccc(C3(N)CCC3)cc1)N(NC)/C(=C\CC)N=C2. The van der Waals surface area contributed by atoms with Crippen LogP contribution >= 0.6 is 0 Å². The summed E-state index contributed by atoms with van der Waals surface area (Å²) in [6.07, 6.45) is 12.1. The van der Waals surface area contributed by atoms with Crippen molar-refractivity contribution in [1.82, 2.24) is 10.4 Å². The first-order valence-electron chi connectivity index (χ1n) is 11.0. The molecule has 1 aliphatic carbocycles. The molecule has 0 bridgehead atoms. The number of hydrazine groups is 1. The zero-order valence-corrected chi connectivity index (χ0v) is 18.7. The van der Waals surface area contributed by atoms with E-state index in [9.17, 15) is 0 Å². The summed E-state index contributed by atoms with van der Waals surface area (Å²) in [5.41, 5.74) is 15.8. The summed E-state index contributed by atoms with van der Waals surface area (Å²) >= 11 is 0. The molecule has 2 aromatic rings. The van der Waals surface area contributed by atoms with Crippen LogP contribution < -0.4 is 16.2 Å². The highest BCUT2D eigenvalue weighted by atomic mass is 15.6. The second-order valence-electron chi connectivity index (χ2n) is 8.12. The van der Waals surface area contributed by atoms with Gasteiger partial charge in [0.1, 0.15) is 5.82 Å². The largest absolute Gasteiger partial charge is 0.321 e. The minimum Gasteiger partial charge on any atom is -0.321 e. The van der Waals surface area contributed by atoms with Gasteiger partial charge in [0, 0.05) is 35.5 Å². The fraction of sp³-hybridized carbons (Fsp3) is 0.308. The van der Waals surface area contributed by atoms with Gasteiger partial charge in [-0.05, 0) is 55.9 Å². The van der Waals surface area contributed by atoms with Crippen molar-refractivity contribution in [2.24, 2.45) is 10.7 Å². The lowest BCUT2D eigenvalue weighted by Crippen LogP contribution is -2.43. The summed E-state index contributed by atoms with van der Waals surface area (Å²) < 4.78 is 0. The molecule has 0 spiro atoms. The van der Waals surface area contributed by atoms with Crippen LogP contribution in [0, 0.1) is 0 Å². The van der Waals surface area contributed by atoms with E-state index in [0.29, 0.717) is 0 Å². The molecule has 2 aliphatic rings. The van der Waals surface area contributed by atoms with Crippen LogP contribution in [0.1, 0.15) is 56.2 Å². The predicted molar refractivity (Wildman–Crippen MR) is 131 cm³/mol. The smallest absolute Gasteiger partial charge is 0.158 e. The summed E-state index contributed by atoms with van der Waals surface area (Å²) in [5.74, 6) is 1.69. The summed E-state index contributed by atoms with van der Waals surface area (Å²) in [4.78, 5) is 9.74. The van der Waals surface area contributed by atoms with E-state index in [0.717, 1.165) is 58.9 Å². The number of aromatic nitrogens is 1. The predicted octanol–water partition coefficient (Wildman–Crippen LogP) is 5.30. The van der Waals surface area contributed by atoms with E-state index in [1.807, 2.05) is 31.3 Å². The summed E-state index contributed by atoms with van der Waals surface area (Å²) in [5, 5.41) is 1.94. The van der Waals surface area contributed by atoms with Crippen LogP contribution in [0.4, 0.5) is 5.82 Å². The number of anilines is 1. The van der Waals surface area contributed by atoms with Crippen molar-refractivity contribution in [3.05, 3.63) is 77.7 Å². The molecule has 1 aromatic heterocycles. The molecule has 3 N–H and O–H groups in total. The Morgan fingerprint density at radius 1 is 1.29 bits per heavy atom. The molecule has 1 aliphatic heterocycles. The third kappa shape index (κ3) is 3.75. The Hall–Kier alpha value is -3.02. The number of pyridine rings is 1. The van der Waals surface area contributed by atoms with Crippen molar-refractivity contribution in [3.63, 3.8) is 0 Å². The first kappa shape index (κ1) is 21.2. The maximum atomic E-state index is 6.53. The zero-order valence-electron chi connectivity index (χ0n) is 18.7. The number of fused-ring (bicyclic) bond motifs is 1. The molecule has 5 nitrogen and oxygen atoms in total. The molecule has 0 atom stereocenters. The Morgan fingerprint density at radius 3 is 2.58 bits per heavy atom. The lowest BCUT2D eigenvalue weighted by atomic mass is 9.72. The Bertz CT molecular complexity index is 1070. The molecule has 4 rings (SSSR count). The van der Waals surface area contributed by atoms with E-state index >= 15 is 0 Å². The Balaban J connectivity index is 1.86. The monoisotopic (exact) mass is 413 g/mol. The maximum absolute atomic E-state index is 6.53. The number of nitrogens with one attached hydrogen (secondary N) is 1. The van der Waals surface area contributed by atoms with E-state index in [1.165, 1.54) is 12.0 Å². The molecule has 31 heavy (non-hydrogen) atoms. The van der Waals surface area contributed by atoms with Crippen LogP contribution in [0.15, 0.2) is 66.0 Å². The average molecular weight is 414 g/mol. The molecule has 1 saturated carbocycles. The second kappa shape index (κ2) is 8.61. The molecule has 0 amide bonds. The Labute approximate surface area is 185 Å². The van der Waals surface area contributed by atoms with Gasteiger partial charge in [-0.25, -0.2) is 20.4 Å². The molecule has 1 fully saturated rings. The second-order valence-corrected chi connectivity index (χ2v) is 8.12. The van der Waals surface area contributed by atoms with Crippen molar-refractivity contribution in [2.45, 2.75) is 45.1 Å². The molecule has 0 unspecified atom stereocenters. The summed E-state index contributed by atoms with van der Waals surface area (Å²) in [6.45, 7) is 8.13. The van der Waals surface area contributed by atoms with E-state index in [2.05, 4.69) is 66.4 Å². The fourth-order valence-corrected chi connectivity index (χ4v) is 4.27. The number of nitrogens with zero attached hydrogens (tertiary/aromatic N) is 3. The van der Waals surface area contributed by atoms with Crippen molar-refractivity contribution >= 4 is 17.6 Å². The quantitative estimate of drug-likeness (QED) is 0.631. The van der Waals surface area contributed by atoms with Gasteiger partial charge in [0.05, 0.1) is 5.69 Å². The lowest BCUT2D eigenvalue weighted by Gasteiger charge is -2.38. The van der Waals surface area contributed by atoms with Gasteiger partial charge >= 0.3 is 0 Å². The average Bonchev–Trinajstić information content (AvgIpc) is 2.78. The Kier molecular flexibility index (Phi) is 5.90. The third-order valence-electron chi connectivity index (χ3n) is 6.24. The minimum atomic E-state index is -0.167. The van der Waals surface area contributed by atoms with Gasteiger partial charge in [0.25, 0.3) is 0 Å². The first-order chi connectivity index (χ1) is 15.0. The van der Waals surface area contributed by atoms with Crippen LogP contribution in [-0.2, 0) is 5.54 Å². The van der Waals surface area contributed by atoms with Crippen LogP contribution in [0.25, 0.3) is 16.8 Å². The highest BCUT2D eigenvalue weighted by Crippen LogP contribution is 2.40. The van der Waals surface area contributed by atoms with Crippen LogP contribution in [0.5, 0.6) is 0 Å².